The van der Waals surface area contributed by atoms with Gasteiger partial charge in [0.15, 0.2) is 0 Å². The molecule has 0 aliphatic rings. The Balaban J connectivity index is 1.39. The van der Waals surface area contributed by atoms with E-state index >= 15 is 0 Å². The molecule has 0 spiro atoms. The number of nitrogens with zero attached hydrogens (tertiary/aromatic N) is 5. The largest absolute Gasteiger partial charge is 0.319 e. The first-order chi connectivity index (χ1) is 17.3. The summed E-state index contributed by atoms with van der Waals surface area (Å²) in [7, 11) is 1.98. The van der Waals surface area contributed by atoms with E-state index in [2.05, 4.69) is 97.5 Å². The molecule has 2 aromatic carbocycles. The second-order valence-electron chi connectivity index (χ2n) is 8.33. The first kappa shape index (κ1) is 21.5. The van der Waals surface area contributed by atoms with Crippen molar-refractivity contribution >= 4 is 22.4 Å². The summed E-state index contributed by atoms with van der Waals surface area (Å²) in [6, 6.07) is 23.3. The second-order valence-corrected chi connectivity index (χ2v) is 9.22. The van der Waals surface area contributed by atoms with Crippen LogP contribution in [0.3, 0.4) is 0 Å². The van der Waals surface area contributed by atoms with Gasteiger partial charge in [0.25, 0.3) is 0 Å². The molecular formula is C28H24N6S. The maximum Gasteiger partial charge on any atom is 0.145 e. The lowest BCUT2D eigenvalue weighted by molar-refractivity contribution is 0.791. The SMILES string of the molecule is CNCCc1ccc(-n2cc(-c3nccs3)nc2-c2ccc(-n3ccc4cccnc43)cc2)cc1. The molecular weight excluding hydrogens is 452 g/mol. The Morgan fingerprint density at radius 3 is 2.43 bits per heavy atom. The van der Waals surface area contributed by atoms with Crippen molar-refractivity contribution in [3.05, 3.63) is 102 Å². The van der Waals surface area contributed by atoms with Gasteiger partial charge in [-0.2, -0.15) is 0 Å². The second kappa shape index (κ2) is 9.29. The minimum absolute atomic E-state index is 0.874. The van der Waals surface area contributed by atoms with Gasteiger partial charge in [0.05, 0.1) is 0 Å². The quantitative estimate of drug-likeness (QED) is 0.318. The van der Waals surface area contributed by atoms with Crippen LogP contribution in [0.5, 0.6) is 0 Å². The highest BCUT2D eigenvalue weighted by Crippen LogP contribution is 2.30. The van der Waals surface area contributed by atoms with Gasteiger partial charge in [-0.05, 0) is 80.2 Å². The predicted octanol–water partition coefficient (Wildman–Crippen LogP) is 5.76. The summed E-state index contributed by atoms with van der Waals surface area (Å²) in [5, 5.41) is 7.23. The first-order valence-electron chi connectivity index (χ1n) is 11.6. The van der Waals surface area contributed by atoms with Gasteiger partial charge in [-0.15, -0.1) is 11.3 Å². The fourth-order valence-electron chi connectivity index (χ4n) is 4.27. The van der Waals surface area contributed by atoms with Crippen molar-refractivity contribution in [1.29, 1.82) is 0 Å². The molecule has 0 saturated carbocycles. The molecule has 0 fully saturated rings. The van der Waals surface area contributed by atoms with E-state index in [1.807, 2.05) is 30.9 Å². The van der Waals surface area contributed by atoms with Crippen LogP contribution in [0.15, 0.2) is 96.9 Å². The third-order valence-corrected chi connectivity index (χ3v) is 6.88. The molecule has 6 nitrogen and oxygen atoms in total. The van der Waals surface area contributed by atoms with E-state index in [0.717, 1.165) is 57.5 Å². The van der Waals surface area contributed by atoms with Crippen molar-refractivity contribution in [3.63, 3.8) is 0 Å². The van der Waals surface area contributed by atoms with Gasteiger partial charge < -0.3 is 9.88 Å². The Hall–Kier alpha value is -4.07. The molecule has 4 aromatic heterocycles. The fourth-order valence-corrected chi connectivity index (χ4v) is 4.86. The molecule has 6 aromatic rings. The van der Waals surface area contributed by atoms with Crippen LogP contribution in [-0.4, -0.2) is 37.7 Å². The number of aromatic nitrogens is 5. The Morgan fingerprint density at radius 2 is 1.66 bits per heavy atom. The Kier molecular flexibility index (Phi) is 5.70. The Labute approximate surface area is 207 Å². The van der Waals surface area contributed by atoms with Gasteiger partial charge >= 0.3 is 0 Å². The number of imidazole rings is 1. The number of likely N-dealkylation sites (N-methyl/N-ethyl adjacent to an activating group) is 1. The molecule has 0 bridgehead atoms. The molecule has 6 rings (SSSR count). The molecule has 7 heteroatoms. The first-order valence-corrected chi connectivity index (χ1v) is 12.4. The van der Waals surface area contributed by atoms with Crippen LogP contribution >= 0.6 is 11.3 Å². The van der Waals surface area contributed by atoms with E-state index in [1.54, 1.807) is 11.3 Å². The number of nitrogens with one attached hydrogen (secondary N) is 1. The minimum atomic E-state index is 0.874. The average Bonchev–Trinajstić information content (AvgIpc) is 3.67. The summed E-state index contributed by atoms with van der Waals surface area (Å²) in [5.74, 6) is 0.889. The number of fused-ring (bicyclic) bond motifs is 1. The molecule has 35 heavy (non-hydrogen) atoms. The molecule has 0 aliphatic heterocycles. The summed E-state index contributed by atoms with van der Waals surface area (Å²) >= 11 is 1.60. The normalized spacial score (nSPS) is 11.3. The number of pyridine rings is 1. The van der Waals surface area contributed by atoms with Crippen molar-refractivity contribution in [2.45, 2.75) is 6.42 Å². The van der Waals surface area contributed by atoms with Crippen LogP contribution in [0, 0.1) is 0 Å². The van der Waals surface area contributed by atoms with E-state index in [0.29, 0.717) is 0 Å². The minimum Gasteiger partial charge on any atom is -0.319 e. The number of thiazole rings is 1. The number of rotatable bonds is 7. The number of hydrogen-bond acceptors (Lipinski definition) is 5. The van der Waals surface area contributed by atoms with E-state index in [4.69, 9.17) is 4.98 Å². The standard InChI is InChI=1S/C28H24N6S/c1-29-15-12-20-4-8-24(9-5-20)34-19-25(28-31-16-18-35-28)32-27(34)22-6-10-23(11-7-22)33-17-13-21-3-2-14-30-26(21)33/h2-11,13-14,16-19,29H,12,15H2,1H3. The van der Waals surface area contributed by atoms with E-state index in [-0.39, 0.29) is 0 Å². The summed E-state index contributed by atoms with van der Waals surface area (Å²) < 4.78 is 4.26. The monoisotopic (exact) mass is 476 g/mol. The lowest BCUT2D eigenvalue weighted by atomic mass is 10.1. The van der Waals surface area contributed by atoms with Gasteiger partial charge in [-0.3, -0.25) is 4.57 Å². The van der Waals surface area contributed by atoms with Crippen molar-refractivity contribution in [2.75, 3.05) is 13.6 Å². The van der Waals surface area contributed by atoms with Gasteiger partial charge in [-0.1, -0.05) is 12.1 Å². The molecule has 4 heterocycles. The van der Waals surface area contributed by atoms with E-state index in [9.17, 15) is 0 Å². The summed E-state index contributed by atoms with van der Waals surface area (Å²) in [5.41, 5.74) is 6.31. The molecule has 0 unspecified atom stereocenters. The van der Waals surface area contributed by atoms with Crippen molar-refractivity contribution in [3.8, 4) is 33.5 Å². The van der Waals surface area contributed by atoms with Crippen LogP contribution in [0.4, 0.5) is 0 Å². The van der Waals surface area contributed by atoms with Gasteiger partial charge in [0.2, 0.25) is 0 Å². The van der Waals surface area contributed by atoms with Gasteiger partial charge in [-0.25, -0.2) is 15.0 Å². The highest BCUT2D eigenvalue weighted by molar-refractivity contribution is 7.13. The number of benzene rings is 2. The molecule has 172 valence electrons. The van der Waals surface area contributed by atoms with Crippen LogP contribution in [-0.2, 0) is 6.42 Å². The fraction of sp³-hybridized carbons (Fsp3) is 0.107. The maximum absolute atomic E-state index is 5.00. The Morgan fingerprint density at radius 1 is 0.857 bits per heavy atom. The highest BCUT2D eigenvalue weighted by Gasteiger charge is 2.15. The van der Waals surface area contributed by atoms with Crippen molar-refractivity contribution in [1.82, 2.24) is 29.4 Å². The summed E-state index contributed by atoms with van der Waals surface area (Å²) in [6.45, 7) is 0.961. The van der Waals surface area contributed by atoms with Crippen LogP contribution in [0.25, 0.3) is 44.5 Å². The topological polar surface area (TPSA) is 60.6 Å². The highest BCUT2D eigenvalue weighted by atomic mass is 32.1. The van der Waals surface area contributed by atoms with Crippen LogP contribution < -0.4 is 5.32 Å². The zero-order valence-electron chi connectivity index (χ0n) is 19.3. The van der Waals surface area contributed by atoms with Crippen molar-refractivity contribution < 1.29 is 0 Å². The summed E-state index contributed by atoms with van der Waals surface area (Å²) in [4.78, 5) is 14.0. The molecule has 0 aliphatic carbocycles. The van der Waals surface area contributed by atoms with Gasteiger partial charge in [0.1, 0.15) is 22.2 Å². The molecule has 0 saturated heterocycles. The molecule has 0 atom stereocenters. The average molecular weight is 477 g/mol. The van der Waals surface area contributed by atoms with Crippen LogP contribution in [0.2, 0.25) is 0 Å². The third kappa shape index (κ3) is 4.16. The van der Waals surface area contributed by atoms with Gasteiger partial charge in [0, 0.05) is 52.5 Å². The van der Waals surface area contributed by atoms with E-state index < -0.39 is 0 Å². The maximum atomic E-state index is 5.00. The Bertz CT molecular complexity index is 1560. The summed E-state index contributed by atoms with van der Waals surface area (Å²) in [6.07, 6.45) is 8.79. The van der Waals surface area contributed by atoms with E-state index in [1.165, 1.54) is 5.56 Å². The van der Waals surface area contributed by atoms with Crippen LogP contribution in [0.1, 0.15) is 5.56 Å². The smallest absolute Gasteiger partial charge is 0.145 e. The number of hydrogen-bond donors (Lipinski definition) is 1. The molecule has 1 N–H and O–H groups in total. The molecule has 0 amide bonds. The third-order valence-electron chi connectivity index (χ3n) is 6.09. The van der Waals surface area contributed by atoms with Crippen molar-refractivity contribution in [2.24, 2.45) is 0 Å². The lowest BCUT2D eigenvalue weighted by Crippen LogP contribution is -2.10. The predicted molar refractivity (Wildman–Crippen MR) is 142 cm³/mol. The zero-order valence-corrected chi connectivity index (χ0v) is 20.1. The lowest BCUT2D eigenvalue weighted by Gasteiger charge is -2.10. The molecule has 0 radical (unpaired) electrons. The zero-order chi connectivity index (χ0) is 23.6.